The molecule has 0 heterocycles. The highest BCUT2D eigenvalue weighted by atomic mass is 79.9. The minimum atomic E-state index is -3.93. The zero-order valence-electron chi connectivity index (χ0n) is 22.3. The predicted octanol–water partition coefficient (Wildman–Crippen LogP) is 6.08. The molecule has 3 aromatic rings. The number of nitrogens with zero attached hydrogens (tertiary/aromatic N) is 2. The third-order valence-electron chi connectivity index (χ3n) is 6.22. The monoisotopic (exact) mass is 667 g/mol. The Bertz CT molecular complexity index is 1410. The van der Waals surface area contributed by atoms with Crippen molar-refractivity contribution in [3.05, 3.63) is 98.4 Å². The van der Waals surface area contributed by atoms with Crippen molar-refractivity contribution in [2.45, 2.75) is 38.8 Å². The van der Waals surface area contributed by atoms with Crippen molar-refractivity contribution in [3.8, 4) is 0 Å². The van der Waals surface area contributed by atoms with Crippen molar-refractivity contribution < 1.29 is 18.0 Å². The van der Waals surface area contributed by atoms with Gasteiger partial charge in [0.15, 0.2) is 0 Å². The first-order chi connectivity index (χ1) is 19.0. The van der Waals surface area contributed by atoms with Gasteiger partial charge in [-0.15, -0.1) is 0 Å². The first-order valence-electron chi connectivity index (χ1n) is 12.8. The summed E-state index contributed by atoms with van der Waals surface area (Å²) < 4.78 is 27.6. The largest absolute Gasteiger partial charge is 0.354 e. The molecule has 2 amide bonds. The van der Waals surface area contributed by atoms with Crippen molar-refractivity contribution in [1.29, 1.82) is 0 Å². The topological polar surface area (TPSA) is 86.8 Å². The van der Waals surface area contributed by atoms with Crippen LogP contribution in [0, 0.1) is 0 Å². The van der Waals surface area contributed by atoms with E-state index in [1.165, 1.54) is 23.1 Å². The second-order valence-electron chi connectivity index (χ2n) is 9.36. The van der Waals surface area contributed by atoms with Gasteiger partial charge >= 0.3 is 0 Å². The Morgan fingerprint density at radius 3 is 2.25 bits per heavy atom. The Balaban J connectivity index is 2.04. The van der Waals surface area contributed by atoms with Crippen molar-refractivity contribution in [3.63, 3.8) is 0 Å². The first kappa shape index (κ1) is 31.9. The maximum absolute atomic E-state index is 14.1. The SMILES string of the molecule is CCCCNC(=O)[C@H](Cc1ccccc1)N(Cc1ccc(Br)cc1)C(=O)CN(c1ccc(Cl)cc1Cl)S(C)(=O)=O. The number of hydrogen-bond acceptors (Lipinski definition) is 4. The van der Waals surface area contributed by atoms with E-state index >= 15 is 0 Å². The minimum absolute atomic E-state index is 0.0864. The van der Waals surface area contributed by atoms with E-state index in [-0.39, 0.29) is 29.6 Å². The molecule has 0 saturated heterocycles. The molecular formula is C29H32BrCl2N3O4S. The summed E-state index contributed by atoms with van der Waals surface area (Å²) in [6.07, 6.45) is 2.95. The molecule has 3 rings (SSSR count). The molecule has 0 aliphatic rings. The van der Waals surface area contributed by atoms with Crippen LogP contribution in [0.5, 0.6) is 0 Å². The quantitative estimate of drug-likeness (QED) is 0.224. The highest BCUT2D eigenvalue weighted by Crippen LogP contribution is 2.30. The number of halogens is 3. The fraction of sp³-hybridized carbons (Fsp3) is 0.310. The van der Waals surface area contributed by atoms with E-state index < -0.39 is 28.5 Å². The summed E-state index contributed by atoms with van der Waals surface area (Å²) in [6, 6.07) is 20.3. The second-order valence-corrected chi connectivity index (χ2v) is 13.0. The molecule has 1 N–H and O–H groups in total. The van der Waals surface area contributed by atoms with Gasteiger partial charge in [-0.2, -0.15) is 0 Å². The summed E-state index contributed by atoms with van der Waals surface area (Å²) >= 11 is 15.8. The summed E-state index contributed by atoms with van der Waals surface area (Å²) in [5, 5.41) is 3.37. The number of anilines is 1. The summed E-state index contributed by atoms with van der Waals surface area (Å²) in [5.41, 5.74) is 1.77. The van der Waals surface area contributed by atoms with Crippen molar-refractivity contribution in [2.24, 2.45) is 0 Å². The lowest BCUT2D eigenvalue weighted by molar-refractivity contribution is -0.140. The molecule has 0 bridgehead atoms. The van der Waals surface area contributed by atoms with Crippen LogP contribution < -0.4 is 9.62 Å². The highest BCUT2D eigenvalue weighted by Gasteiger charge is 2.33. The van der Waals surface area contributed by atoms with Crippen LogP contribution in [0.3, 0.4) is 0 Å². The third-order valence-corrected chi connectivity index (χ3v) is 8.42. The molecule has 7 nitrogen and oxygen atoms in total. The lowest BCUT2D eigenvalue weighted by Crippen LogP contribution is -2.53. The molecule has 3 aromatic carbocycles. The van der Waals surface area contributed by atoms with Crippen LogP contribution in [0.25, 0.3) is 0 Å². The van der Waals surface area contributed by atoms with Crippen molar-refractivity contribution in [1.82, 2.24) is 10.2 Å². The molecular weight excluding hydrogens is 637 g/mol. The molecule has 0 fully saturated rings. The number of sulfonamides is 1. The minimum Gasteiger partial charge on any atom is -0.354 e. The van der Waals surface area contributed by atoms with Gasteiger partial charge in [-0.1, -0.05) is 94.9 Å². The molecule has 0 unspecified atom stereocenters. The molecule has 0 spiro atoms. The lowest BCUT2D eigenvalue weighted by atomic mass is 10.0. The Labute approximate surface area is 254 Å². The summed E-state index contributed by atoms with van der Waals surface area (Å²) in [5.74, 6) is -0.857. The van der Waals surface area contributed by atoms with Gasteiger partial charge in [0, 0.05) is 29.0 Å². The summed E-state index contributed by atoms with van der Waals surface area (Å²) in [6.45, 7) is 2.04. The van der Waals surface area contributed by atoms with Gasteiger partial charge in [0.1, 0.15) is 12.6 Å². The fourth-order valence-corrected chi connectivity index (χ4v) is 5.81. The molecule has 1 atom stereocenters. The average molecular weight is 669 g/mol. The zero-order valence-corrected chi connectivity index (χ0v) is 26.2. The van der Waals surface area contributed by atoms with Crippen LogP contribution in [-0.2, 0) is 32.6 Å². The van der Waals surface area contributed by atoms with Crippen LogP contribution in [0.4, 0.5) is 5.69 Å². The lowest BCUT2D eigenvalue weighted by Gasteiger charge is -2.33. The van der Waals surface area contributed by atoms with E-state index in [2.05, 4.69) is 21.2 Å². The van der Waals surface area contributed by atoms with Gasteiger partial charge in [0.2, 0.25) is 21.8 Å². The van der Waals surface area contributed by atoms with Gasteiger partial charge in [0.05, 0.1) is 17.0 Å². The molecule has 11 heteroatoms. The number of hydrogen-bond donors (Lipinski definition) is 1. The summed E-state index contributed by atoms with van der Waals surface area (Å²) in [7, 11) is -3.93. The highest BCUT2D eigenvalue weighted by molar-refractivity contribution is 9.10. The Kier molecular flexibility index (Phi) is 11.9. The molecule has 0 radical (unpaired) electrons. The van der Waals surface area contributed by atoms with E-state index in [1.54, 1.807) is 0 Å². The average Bonchev–Trinajstić information content (AvgIpc) is 2.90. The van der Waals surface area contributed by atoms with E-state index in [1.807, 2.05) is 61.5 Å². The maximum Gasteiger partial charge on any atom is 0.244 e. The smallest absolute Gasteiger partial charge is 0.244 e. The molecule has 40 heavy (non-hydrogen) atoms. The normalized spacial score (nSPS) is 12.0. The van der Waals surface area contributed by atoms with Gasteiger partial charge < -0.3 is 10.2 Å². The van der Waals surface area contributed by atoms with Crippen LogP contribution in [0.1, 0.15) is 30.9 Å². The zero-order chi connectivity index (χ0) is 29.3. The van der Waals surface area contributed by atoms with E-state index in [4.69, 9.17) is 23.2 Å². The number of nitrogens with one attached hydrogen (secondary N) is 1. The number of carbonyl (C=O) groups is 2. The van der Waals surface area contributed by atoms with Gasteiger partial charge in [-0.3, -0.25) is 13.9 Å². The molecule has 0 aliphatic heterocycles. The van der Waals surface area contributed by atoms with Gasteiger partial charge in [-0.25, -0.2) is 8.42 Å². The van der Waals surface area contributed by atoms with Crippen molar-refractivity contribution >= 4 is 66.7 Å². The maximum atomic E-state index is 14.1. The first-order valence-corrected chi connectivity index (χ1v) is 16.2. The molecule has 0 aliphatic carbocycles. The van der Waals surface area contributed by atoms with Crippen LogP contribution in [-0.4, -0.2) is 50.5 Å². The van der Waals surface area contributed by atoms with Gasteiger partial charge in [0.25, 0.3) is 0 Å². The standard InChI is InChI=1S/C29H32BrCl2N3O4S/c1-3-4-16-33-29(37)27(17-21-8-6-5-7-9-21)34(19-22-10-12-23(30)13-11-22)28(36)20-35(40(2,38)39)26-15-14-24(31)18-25(26)32/h5-15,18,27H,3-4,16-17,19-20H2,1-2H3,(H,33,37)/t27-/m0/s1. The number of unbranched alkanes of at least 4 members (excludes halogenated alkanes) is 1. The Morgan fingerprint density at radius 1 is 0.975 bits per heavy atom. The van der Waals surface area contributed by atoms with E-state index in [0.717, 1.165) is 39.0 Å². The Morgan fingerprint density at radius 2 is 1.65 bits per heavy atom. The van der Waals surface area contributed by atoms with E-state index in [0.29, 0.717) is 11.6 Å². The molecule has 0 aromatic heterocycles. The molecule has 214 valence electrons. The van der Waals surface area contributed by atoms with Crippen LogP contribution >= 0.6 is 39.1 Å². The second kappa shape index (κ2) is 14.9. The number of carbonyl (C=O) groups excluding carboxylic acids is 2. The number of amides is 2. The number of rotatable bonds is 13. The van der Waals surface area contributed by atoms with Crippen LogP contribution in [0.2, 0.25) is 10.0 Å². The summed E-state index contributed by atoms with van der Waals surface area (Å²) in [4.78, 5) is 29.1. The molecule has 0 saturated carbocycles. The van der Waals surface area contributed by atoms with Gasteiger partial charge in [-0.05, 0) is 47.9 Å². The fourth-order valence-electron chi connectivity index (χ4n) is 4.12. The predicted molar refractivity (Wildman–Crippen MR) is 165 cm³/mol. The van der Waals surface area contributed by atoms with E-state index in [9.17, 15) is 18.0 Å². The van der Waals surface area contributed by atoms with Crippen LogP contribution in [0.15, 0.2) is 77.3 Å². The number of benzene rings is 3. The van der Waals surface area contributed by atoms with Crippen molar-refractivity contribution in [2.75, 3.05) is 23.7 Å². The third kappa shape index (κ3) is 9.23. The Hall–Kier alpha value is -2.59.